The summed E-state index contributed by atoms with van der Waals surface area (Å²) in [7, 11) is 0. The number of hydrogen-bond donors (Lipinski definition) is 0. The first kappa shape index (κ1) is 25.4. The fourth-order valence-corrected chi connectivity index (χ4v) is 5.56. The molecule has 0 heterocycles. The van der Waals surface area contributed by atoms with E-state index in [-0.39, 0.29) is 23.8 Å². The maximum atomic E-state index is 15.1. The van der Waals surface area contributed by atoms with Crippen molar-refractivity contribution in [2.24, 2.45) is 11.8 Å². The first-order valence-electron chi connectivity index (χ1n) is 12.6. The highest BCUT2D eigenvalue weighted by Crippen LogP contribution is 2.47. The van der Waals surface area contributed by atoms with Crippen LogP contribution in [0.15, 0.2) is 42.5 Å². The van der Waals surface area contributed by atoms with Crippen LogP contribution in [0.4, 0.5) is 13.2 Å². The van der Waals surface area contributed by atoms with Gasteiger partial charge in [0.05, 0.1) is 11.7 Å². The van der Waals surface area contributed by atoms with Crippen LogP contribution in [0, 0.1) is 41.1 Å². The summed E-state index contributed by atoms with van der Waals surface area (Å²) in [5.74, 6) is 4.44. The lowest BCUT2D eigenvalue weighted by atomic mass is 9.65. The van der Waals surface area contributed by atoms with E-state index in [1.54, 1.807) is 24.3 Å². The highest BCUT2D eigenvalue weighted by molar-refractivity contribution is 5.46. The van der Waals surface area contributed by atoms with Gasteiger partial charge < -0.3 is 9.47 Å². The van der Waals surface area contributed by atoms with Crippen LogP contribution in [-0.4, -0.2) is 19.3 Å². The lowest BCUT2D eigenvalue weighted by Gasteiger charge is -2.42. The van der Waals surface area contributed by atoms with Gasteiger partial charge in [-0.15, -0.1) is 0 Å². The topological polar surface area (TPSA) is 18.5 Å². The molecule has 186 valence electrons. The van der Waals surface area contributed by atoms with Gasteiger partial charge in [-0.05, 0) is 100.0 Å². The van der Waals surface area contributed by atoms with E-state index in [9.17, 15) is 8.78 Å². The molecule has 0 saturated heterocycles. The Bertz CT molecular complexity index is 1110. The Balaban J connectivity index is 1.44. The van der Waals surface area contributed by atoms with E-state index in [4.69, 9.17) is 9.47 Å². The van der Waals surface area contributed by atoms with E-state index in [2.05, 4.69) is 11.8 Å². The molecule has 2 aliphatic carbocycles. The molecular weight excluding hydrogens is 449 g/mol. The molecule has 4 atom stereocenters. The largest absolute Gasteiger partial charge is 0.486 e. The van der Waals surface area contributed by atoms with Gasteiger partial charge in [-0.2, -0.15) is 0 Å². The van der Waals surface area contributed by atoms with Gasteiger partial charge in [0.2, 0.25) is 0 Å². The van der Waals surface area contributed by atoms with E-state index in [0.717, 1.165) is 45.1 Å². The quantitative estimate of drug-likeness (QED) is 0.313. The molecule has 0 radical (unpaired) electrons. The average Bonchev–Trinajstić information content (AvgIpc) is 2.86. The molecule has 2 saturated carbocycles. The molecule has 0 aromatic heterocycles. The zero-order valence-electron chi connectivity index (χ0n) is 20.5. The second-order valence-electron chi connectivity index (χ2n) is 9.53. The first-order chi connectivity index (χ1) is 17.0. The molecule has 5 heteroatoms. The SMILES string of the molecule is C/C=C/COc1ccc(C#Cc2ccc(C3CCC4CC(OCC)CCC4C3)c(F)c2F)cc1F. The zero-order chi connectivity index (χ0) is 24.8. The van der Waals surface area contributed by atoms with Gasteiger partial charge in [0.15, 0.2) is 23.2 Å². The third-order valence-electron chi connectivity index (χ3n) is 7.36. The zero-order valence-corrected chi connectivity index (χ0v) is 20.5. The van der Waals surface area contributed by atoms with Crippen LogP contribution in [0.5, 0.6) is 5.75 Å². The van der Waals surface area contributed by atoms with Crippen molar-refractivity contribution in [1.29, 1.82) is 0 Å². The molecule has 4 unspecified atom stereocenters. The van der Waals surface area contributed by atoms with Gasteiger partial charge in [-0.25, -0.2) is 13.2 Å². The monoisotopic (exact) mass is 482 g/mol. The average molecular weight is 483 g/mol. The van der Waals surface area contributed by atoms with E-state index < -0.39 is 17.5 Å². The molecule has 2 aliphatic rings. The Kier molecular flexibility index (Phi) is 8.57. The third-order valence-corrected chi connectivity index (χ3v) is 7.36. The van der Waals surface area contributed by atoms with Crippen LogP contribution in [-0.2, 0) is 4.74 Å². The highest BCUT2D eigenvalue weighted by atomic mass is 19.2. The Morgan fingerprint density at radius 3 is 2.51 bits per heavy atom. The van der Waals surface area contributed by atoms with Crippen molar-refractivity contribution in [2.75, 3.05) is 13.2 Å². The van der Waals surface area contributed by atoms with Crippen molar-refractivity contribution >= 4 is 0 Å². The third kappa shape index (κ3) is 6.11. The Labute approximate surface area is 206 Å². The lowest BCUT2D eigenvalue weighted by molar-refractivity contribution is -0.00970. The summed E-state index contributed by atoms with van der Waals surface area (Å²) in [6.45, 7) is 4.90. The summed E-state index contributed by atoms with van der Waals surface area (Å²) in [5.41, 5.74) is 0.795. The number of allylic oxidation sites excluding steroid dienone is 1. The number of benzene rings is 2. The number of halogens is 3. The van der Waals surface area contributed by atoms with Crippen LogP contribution >= 0.6 is 0 Å². The van der Waals surface area contributed by atoms with Crippen molar-refractivity contribution < 1.29 is 22.6 Å². The van der Waals surface area contributed by atoms with Crippen molar-refractivity contribution in [1.82, 2.24) is 0 Å². The van der Waals surface area contributed by atoms with Gasteiger partial charge in [0.25, 0.3) is 0 Å². The molecule has 2 aromatic rings. The van der Waals surface area contributed by atoms with Crippen molar-refractivity contribution in [2.45, 2.75) is 64.4 Å². The fourth-order valence-electron chi connectivity index (χ4n) is 5.56. The smallest absolute Gasteiger partial charge is 0.174 e. The maximum absolute atomic E-state index is 15.1. The Morgan fingerprint density at radius 1 is 0.943 bits per heavy atom. The molecule has 35 heavy (non-hydrogen) atoms. The summed E-state index contributed by atoms with van der Waals surface area (Å²) >= 11 is 0. The summed E-state index contributed by atoms with van der Waals surface area (Å²) < 4.78 is 55.4. The van der Waals surface area contributed by atoms with Gasteiger partial charge in [0.1, 0.15) is 6.61 Å². The highest BCUT2D eigenvalue weighted by Gasteiger charge is 2.37. The Hall–Kier alpha value is -2.71. The second-order valence-corrected chi connectivity index (χ2v) is 9.53. The van der Waals surface area contributed by atoms with E-state index in [0.29, 0.717) is 29.1 Å². The summed E-state index contributed by atoms with van der Waals surface area (Å²) in [6.07, 6.45) is 9.95. The molecule has 4 rings (SSSR count). The van der Waals surface area contributed by atoms with Crippen LogP contribution in [0.3, 0.4) is 0 Å². The molecule has 2 fully saturated rings. The normalized spacial score (nSPS) is 24.0. The van der Waals surface area contributed by atoms with Crippen molar-refractivity contribution in [3.63, 3.8) is 0 Å². The standard InChI is InChI=1S/C30H33F3O2/c1-3-5-16-35-28-15-7-20(17-27(28)31)6-8-21-12-14-26(30(33)29(21)32)24-10-9-23-19-25(34-4-2)13-11-22(23)18-24/h3,5,7,12,14-15,17,22-25H,4,9-11,13,16,18-19H2,1-2H3/b5-3+. The Morgan fingerprint density at radius 2 is 1.74 bits per heavy atom. The minimum atomic E-state index is -0.927. The summed E-state index contributed by atoms with van der Waals surface area (Å²) in [6, 6.07) is 7.55. The predicted octanol–water partition coefficient (Wildman–Crippen LogP) is 7.55. The number of rotatable bonds is 6. The van der Waals surface area contributed by atoms with Gasteiger partial charge in [0, 0.05) is 12.2 Å². The molecule has 2 aromatic carbocycles. The van der Waals surface area contributed by atoms with Crippen LogP contribution in [0.2, 0.25) is 0 Å². The molecule has 0 aliphatic heterocycles. The van der Waals surface area contributed by atoms with Gasteiger partial charge in [-0.1, -0.05) is 30.1 Å². The summed E-state index contributed by atoms with van der Waals surface area (Å²) in [4.78, 5) is 0. The number of fused-ring (bicyclic) bond motifs is 1. The molecular formula is C30H33F3O2. The molecule has 0 bridgehead atoms. The van der Waals surface area contributed by atoms with Crippen LogP contribution in [0.1, 0.15) is 75.0 Å². The van der Waals surface area contributed by atoms with E-state index >= 15 is 4.39 Å². The lowest BCUT2D eigenvalue weighted by Crippen LogP contribution is -2.34. The fraction of sp³-hybridized carbons (Fsp3) is 0.467. The molecule has 2 nitrogen and oxygen atoms in total. The van der Waals surface area contributed by atoms with Gasteiger partial charge >= 0.3 is 0 Å². The second kappa shape index (κ2) is 11.8. The van der Waals surface area contributed by atoms with Gasteiger partial charge in [-0.3, -0.25) is 0 Å². The molecule has 0 N–H and O–H groups in total. The minimum absolute atomic E-state index is 0.0222. The molecule has 0 amide bonds. The van der Waals surface area contributed by atoms with E-state index in [1.165, 1.54) is 12.1 Å². The predicted molar refractivity (Wildman–Crippen MR) is 132 cm³/mol. The number of hydrogen-bond acceptors (Lipinski definition) is 2. The van der Waals surface area contributed by atoms with E-state index in [1.807, 2.05) is 19.9 Å². The van der Waals surface area contributed by atoms with Crippen LogP contribution in [0.25, 0.3) is 0 Å². The number of ether oxygens (including phenoxy) is 2. The first-order valence-corrected chi connectivity index (χ1v) is 12.6. The van der Waals surface area contributed by atoms with Crippen molar-refractivity contribution in [3.05, 3.63) is 76.6 Å². The van der Waals surface area contributed by atoms with Crippen LogP contribution < -0.4 is 4.74 Å². The van der Waals surface area contributed by atoms with Crippen molar-refractivity contribution in [3.8, 4) is 17.6 Å². The molecule has 0 spiro atoms. The summed E-state index contributed by atoms with van der Waals surface area (Å²) in [5, 5.41) is 0. The maximum Gasteiger partial charge on any atom is 0.174 e. The minimum Gasteiger partial charge on any atom is -0.486 e.